The van der Waals surface area contributed by atoms with Crippen LogP contribution in [0.5, 0.6) is 0 Å². The standard InChI is InChI=1S/C10H18N6O/c1-6(5-9(11)15-17)16(4)10-12-7(2)8(3)13-14-10/h6,17H,5H2,1-4H3,(H2,11,15). The summed E-state index contributed by atoms with van der Waals surface area (Å²) < 4.78 is 0. The lowest BCUT2D eigenvalue weighted by Gasteiger charge is -2.24. The number of aromatic nitrogens is 3. The molecule has 94 valence electrons. The molecule has 0 aromatic carbocycles. The van der Waals surface area contributed by atoms with Crippen LogP contribution in [0.15, 0.2) is 5.16 Å². The van der Waals surface area contributed by atoms with Gasteiger partial charge in [-0.25, -0.2) is 4.98 Å². The van der Waals surface area contributed by atoms with Gasteiger partial charge in [-0.1, -0.05) is 5.16 Å². The van der Waals surface area contributed by atoms with E-state index in [4.69, 9.17) is 10.9 Å². The molecule has 0 amide bonds. The summed E-state index contributed by atoms with van der Waals surface area (Å²) in [6.07, 6.45) is 0.434. The van der Waals surface area contributed by atoms with Gasteiger partial charge in [0, 0.05) is 19.5 Å². The Morgan fingerprint density at radius 1 is 1.41 bits per heavy atom. The summed E-state index contributed by atoms with van der Waals surface area (Å²) in [7, 11) is 1.85. The summed E-state index contributed by atoms with van der Waals surface area (Å²) in [6.45, 7) is 5.69. The first kappa shape index (κ1) is 13.1. The third kappa shape index (κ3) is 3.27. The fourth-order valence-corrected chi connectivity index (χ4v) is 1.27. The highest BCUT2D eigenvalue weighted by Gasteiger charge is 2.15. The van der Waals surface area contributed by atoms with Crippen LogP contribution in [0.3, 0.4) is 0 Å². The monoisotopic (exact) mass is 238 g/mol. The van der Waals surface area contributed by atoms with Gasteiger partial charge in [0.05, 0.1) is 11.4 Å². The normalized spacial score (nSPS) is 13.5. The molecule has 0 aliphatic carbocycles. The quantitative estimate of drug-likeness (QED) is 0.342. The van der Waals surface area contributed by atoms with Crippen molar-refractivity contribution in [1.29, 1.82) is 0 Å². The second-order valence-corrected chi connectivity index (χ2v) is 4.04. The lowest BCUT2D eigenvalue weighted by atomic mass is 10.2. The lowest BCUT2D eigenvalue weighted by Crippen LogP contribution is -2.34. The van der Waals surface area contributed by atoms with Crippen LogP contribution in [0.25, 0.3) is 0 Å². The molecule has 1 rings (SSSR count). The summed E-state index contributed by atoms with van der Waals surface area (Å²) in [5.41, 5.74) is 7.12. The van der Waals surface area contributed by atoms with Gasteiger partial charge < -0.3 is 15.8 Å². The van der Waals surface area contributed by atoms with Gasteiger partial charge in [-0.3, -0.25) is 0 Å². The number of hydrogen-bond acceptors (Lipinski definition) is 6. The maximum absolute atomic E-state index is 8.52. The summed E-state index contributed by atoms with van der Waals surface area (Å²) >= 11 is 0. The van der Waals surface area contributed by atoms with Crippen LogP contribution in [0, 0.1) is 13.8 Å². The Labute approximate surface area is 100 Å². The molecule has 0 spiro atoms. The van der Waals surface area contributed by atoms with Crippen molar-refractivity contribution in [2.45, 2.75) is 33.2 Å². The largest absolute Gasteiger partial charge is 0.409 e. The van der Waals surface area contributed by atoms with Crippen LogP contribution in [-0.2, 0) is 0 Å². The molecule has 1 heterocycles. The number of hydrogen-bond donors (Lipinski definition) is 2. The van der Waals surface area contributed by atoms with E-state index in [0.717, 1.165) is 11.4 Å². The maximum atomic E-state index is 8.52. The Bertz CT molecular complexity index is 419. The molecular formula is C10H18N6O. The van der Waals surface area contributed by atoms with Crippen molar-refractivity contribution >= 4 is 11.8 Å². The maximum Gasteiger partial charge on any atom is 0.245 e. The molecule has 1 aromatic rings. The van der Waals surface area contributed by atoms with E-state index in [1.807, 2.05) is 32.7 Å². The molecule has 1 unspecified atom stereocenters. The van der Waals surface area contributed by atoms with Gasteiger partial charge in [0.2, 0.25) is 5.95 Å². The van der Waals surface area contributed by atoms with E-state index in [2.05, 4.69) is 20.3 Å². The van der Waals surface area contributed by atoms with E-state index in [1.165, 1.54) is 0 Å². The third-order valence-corrected chi connectivity index (χ3v) is 2.69. The zero-order chi connectivity index (χ0) is 13.0. The minimum atomic E-state index is 0.0230. The van der Waals surface area contributed by atoms with E-state index in [0.29, 0.717) is 12.4 Å². The van der Waals surface area contributed by atoms with Crippen LogP contribution < -0.4 is 10.6 Å². The Balaban J connectivity index is 2.81. The molecule has 0 fully saturated rings. The predicted octanol–water partition coefficient (Wildman–Crippen LogP) is 0.450. The van der Waals surface area contributed by atoms with Crippen molar-refractivity contribution < 1.29 is 5.21 Å². The molecule has 3 N–H and O–H groups in total. The van der Waals surface area contributed by atoms with Gasteiger partial charge in [-0.05, 0) is 20.8 Å². The van der Waals surface area contributed by atoms with Crippen molar-refractivity contribution in [1.82, 2.24) is 15.2 Å². The molecule has 7 heteroatoms. The Kier molecular flexibility index (Phi) is 4.19. The summed E-state index contributed by atoms with van der Waals surface area (Å²) in [5.74, 6) is 0.715. The third-order valence-electron chi connectivity index (χ3n) is 2.69. The molecule has 0 radical (unpaired) electrons. The number of nitrogens with zero attached hydrogens (tertiary/aromatic N) is 5. The summed E-state index contributed by atoms with van der Waals surface area (Å²) in [6, 6.07) is 0.0230. The molecule has 0 aliphatic heterocycles. The highest BCUT2D eigenvalue weighted by Crippen LogP contribution is 2.11. The van der Waals surface area contributed by atoms with Gasteiger partial charge in [0.15, 0.2) is 0 Å². The van der Waals surface area contributed by atoms with Crippen molar-refractivity contribution in [2.75, 3.05) is 11.9 Å². The number of anilines is 1. The molecule has 1 atom stereocenters. The summed E-state index contributed by atoms with van der Waals surface area (Å²) in [5, 5.41) is 19.5. The molecule has 7 nitrogen and oxygen atoms in total. The topological polar surface area (TPSA) is 101 Å². The van der Waals surface area contributed by atoms with Crippen molar-refractivity contribution in [3.63, 3.8) is 0 Å². The molecular weight excluding hydrogens is 220 g/mol. The van der Waals surface area contributed by atoms with E-state index >= 15 is 0 Å². The fourth-order valence-electron chi connectivity index (χ4n) is 1.27. The Morgan fingerprint density at radius 2 is 2.06 bits per heavy atom. The molecule has 0 aliphatic rings. The molecule has 1 aromatic heterocycles. The highest BCUT2D eigenvalue weighted by molar-refractivity contribution is 5.80. The summed E-state index contributed by atoms with van der Waals surface area (Å²) in [4.78, 5) is 6.18. The van der Waals surface area contributed by atoms with Crippen molar-refractivity contribution in [3.05, 3.63) is 11.4 Å². The fraction of sp³-hybridized carbons (Fsp3) is 0.600. The van der Waals surface area contributed by atoms with Gasteiger partial charge in [0.25, 0.3) is 0 Å². The average molecular weight is 238 g/mol. The minimum Gasteiger partial charge on any atom is -0.409 e. The minimum absolute atomic E-state index is 0.0230. The van der Waals surface area contributed by atoms with Gasteiger partial charge in [-0.15, -0.1) is 5.10 Å². The first-order valence-electron chi connectivity index (χ1n) is 5.32. The Hall–Kier alpha value is -1.92. The van der Waals surface area contributed by atoms with E-state index in [-0.39, 0.29) is 11.9 Å². The molecule has 0 saturated heterocycles. The second kappa shape index (κ2) is 5.42. The zero-order valence-corrected chi connectivity index (χ0v) is 10.5. The van der Waals surface area contributed by atoms with Crippen LogP contribution in [0.1, 0.15) is 24.7 Å². The SMILES string of the molecule is Cc1nnc(N(C)C(C)CC(N)=NO)nc1C. The zero-order valence-electron chi connectivity index (χ0n) is 10.5. The van der Waals surface area contributed by atoms with E-state index in [9.17, 15) is 0 Å². The van der Waals surface area contributed by atoms with E-state index < -0.39 is 0 Å². The average Bonchev–Trinajstić information content (AvgIpc) is 2.31. The molecule has 0 bridgehead atoms. The molecule has 17 heavy (non-hydrogen) atoms. The van der Waals surface area contributed by atoms with Crippen LogP contribution in [-0.4, -0.2) is 39.3 Å². The smallest absolute Gasteiger partial charge is 0.245 e. The Morgan fingerprint density at radius 3 is 2.59 bits per heavy atom. The number of amidine groups is 1. The number of oxime groups is 1. The molecule has 0 saturated carbocycles. The lowest BCUT2D eigenvalue weighted by molar-refractivity contribution is 0.316. The second-order valence-electron chi connectivity index (χ2n) is 4.04. The van der Waals surface area contributed by atoms with E-state index in [1.54, 1.807) is 0 Å². The van der Waals surface area contributed by atoms with Crippen LogP contribution >= 0.6 is 0 Å². The van der Waals surface area contributed by atoms with Crippen molar-refractivity contribution in [2.24, 2.45) is 10.9 Å². The first-order valence-corrected chi connectivity index (χ1v) is 5.32. The van der Waals surface area contributed by atoms with Crippen LogP contribution in [0.4, 0.5) is 5.95 Å². The number of rotatable bonds is 4. The van der Waals surface area contributed by atoms with Crippen LogP contribution in [0.2, 0.25) is 0 Å². The number of nitrogens with two attached hydrogens (primary N) is 1. The van der Waals surface area contributed by atoms with Gasteiger partial charge in [-0.2, -0.15) is 5.10 Å². The van der Waals surface area contributed by atoms with Gasteiger partial charge in [0.1, 0.15) is 5.84 Å². The first-order chi connectivity index (χ1) is 7.95. The van der Waals surface area contributed by atoms with Gasteiger partial charge >= 0.3 is 0 Å². The predicted molar refractivity (Wildman–Crippen MR) is 65.2 cm³/mol. The highest BCUT2D eigenvalue weighted by atomic mass is 16.4. The number of aryl methyl sites for hydroxylation is 2. The van der Waals surface area contributed by atoms with Crippen molar-refractivity contribution in [3.8, 4) is 0 Å².